The van der Waals surface area contributed by atoms with Crippen LogP contribution in [-0.4, -0.2) is 24.0 Å². The molecule has 1 atom stereocenters. The maximum Gasteiger partial charge on any atom is 0.231 e. The van der Waals surface area contributed by atoms with Gasteiger partial charge in [0.15, 0.2) is 0 Å². The minimum Gasteiger partial charge on any atom is -0.324 e. The molecule has 2 N–H and O–H groups in total. The summed E-state index contributed by atoms with van der Waals surface area (Å²) in [6.07, 6.45) is 4.34. The Bertz CT molecular complexity index is 397. The number of pyridine rings is 1. The molecule has 2 rings (SSSR count). The molecule has 1 saturated heterocycles. The summed E-state index contributed by atoms with van der Waals surface area (Å²) in [4.78, 5) is 16.1. The molecule has 0 aliphatic carbocycles. The van der Waals surface area contributed by atoms with E-state index < -0.39 is 0 Å². The second-order valence-corrected chi connectivity index (χ2v) is 4.69. The second-order valence-electron chi connectivity index (χ2n) is 4.69. The first-order valence-corrected chi connectivity index (χ1v) is 5.54. The van der Waals surface area contributed by atoms with Gasteiger partial charge >= 0.3 is 0 Å². The van der Waals surface area contributed by atoms with Crippen LogP contribution in [0.25, 0.3) is 0 Å². The molecule has 0 aromatic carbocycles. The highest BCUT2D eigenvalue weighted by atomic mass is 16.2. The number of anilines is 1. The number of hydrogen-bond donors (Lipinski definition) is 2. The fourth-order valence-electron chi connectivity index (χ4n) is 1.92. The van der Waals surface area contributed by atoms with Gasteiger partial charge < -0.3 is 10.6 Å². The van der Waals surface area contributed by atoms with Crippen LogP contribution < -0.4 is 10.6 Å². The molecule has 1 fully saturated rings. The molecule has 1 amide bonds. The molecule has 1 aromatic rings. The maximum absolute atomic E-state index is 12.1. The van der Waals surface area contributed by atoms with E-state index in [4.69, 9.17) is 0 Å². The summed E-state index contributed by atoms with van der Waals surface area (Å²) in [5.74, 6) is 0.0740. The van der Waals surface area contributed by atoms with E-state index >= 15 is 0 Å². The summed E-state index contributed by atoms with van der Waals surface area (Å²) >= 11 is 0. The van der Waals surface area contributed by atoms with Gasteiger partial charge in [-0.3, -0.25) is 9.78 Å². The van der Waals surface area contributed by atoms with Crippen molar-refractivity contribution in [2.75, 3.05) is 18.4 Å². The van der Waals surface area contributed by atoms with Crippen molar-refractivity contribution in [3.63, 3.8) is 0 Å². The first-order chi connectivity index (χ1) is 7.60. The van der Waals surface area contributed by atoms with Gasteiger partial charge in [-0.05, 0) is 38.4 Å². The zero-order valence-corrected chi connectivity index (χ0v) is 9.71. The Morgan fingerprint density at radius 1 is 1.56 bits per heavy atom. The number of carbonyl (C=O) groups excluding carboxylic acids is 1. The fourth-order valence-corrected chi connectivity index (χ4v) is 1.92. The topological polar surface area (TPSA) is 54.0 Å². The lowest BCUT2D eigenvalue weighted by Crippen LogP contribution is -2.35. The number of rotatable bonds is 2. The van der Waals surface area contributed by atoms with E-state index in [0.717, 1.165) is 30.8 Å². The quantitative estimate of drug-likeness (QED) is 0.789. The molecule has 1 aromatic heterocycles. The summed E-state index contributed by atoms with van der Waals surface area (Å²) in [6, 6.07) is 1.93. The number of hydrogen-bond acceptors (Lipinski definition) is 3. The van der Waals surface area contributed by atoms with Crippen LogP contribution in [0.2, 0.25) is 0 Å². The number of nitrogens with zero attached hydrogens (tertiary/aromatic N) is 1. The van der Waals surface area contributed by atoms with Crippen molar-refractivity contribution in [1.82, 2.24) is 10.3 Å². The van der Waals surface area contributed by atoms with Crippen molar-refractivity contribution in [1.29, 1.82) is 0 Å². The van der Waals surface area contributed by atoms with E-state index in [1.807, 2.05) is 19.9 Å². The molecule has 1 unspecified atom stereocenters. The number of amides is 1. The van der Waals surface area contributed by atoms with E-state index in [1.54, 1.807) is 12.4 Å². The van der Waals surface area contributed by atoms with Gasteiger partial charge in [-0.25, -0.2) is 0 Å². The standard InChI is InChI=1S/C12H17N3O/c1-9-5-10(7-14-6-9)15-11(16)12(2)3-4-13-8-12/h5-7,13H,3-4,8H2,1-2H3,(H,15,16). The van der Waals surface area contributed by atoms with Crippen molar-refractivity contribution < 1.29 is 4.79 Å². The van der Waals surface area contributed by atoms with Crippen LogP contribution in [0.4, 0.5) is 5.69 Å². The summed E-state index contributed by atoms with van der Waals surface area (Å²) in [6.45, 7) is 5.61. The second kappa shape index (κ2) is 4.22. The maximum atomic E-state index is 12.1. The van der Waals surface area contributed by atoms with Crippen molar-refractivity contribution in [2.24, 2.45) is 5.41 Å². The summed E-state index contributed by atoms with van der Waals surface area (Å²) < 4.78 is 0. The van der Waals surface area contributed by atoms with Gasteiger partial charge in [0.05, 0.1) is 17.3 Å². The molecule has 4 heteroatoms. The molecule has 16 heavy (non-hydrogen) atoms. The first kappa shape index (κ1) is 11.1. The molecule has 4 nitrogen and oxygen atoms in total. The predicted octanol–water partition coefficient (Wildman–Crippen LogP) is 1.33. The Kier molecular flexibility index (Phi) is 2.92. The van der Waals surface area contributed by atoms with E-state index in [-0.39, 0.29) is 11.3 Å². The number of aromatic nitrogens is 1. The zero-order valence-electron chi connectivity index (χ0n) is 9.71. The highest BCUT2D eigenvalue weighted by Gasteiger charge is 2.36. The van der Waals surface area contributed by atoms with Gasteiger partial charge in [-0.1, -0.05) is 0 Å². The van der Waals surface area contributed by atoms with E-state index in [9.17, 15) is 4.79 Å². The van der Waals surface area contributed by atoms with Crippen LogP contribution in [0.15, 0.2) is 18.5 Å². The van der Waals surface area contributed by atoms with Crippen molar-refractivity contribution in [2.45, 2.75) is 20.3 Å². The van der Waals surface area contributed by atoms with Crippen LogP contribution in [-0.2, 0) is 4.79 Å². The molecule has 0 radical (unpaired) electrons. The van der Waals surface area contributed by atoms with Crippen LogP contribution in [0.5, 0.6) is 0 Å². The average molecular weight is 219 g/mol. The Hall–Kier alpha value is -1.42. The predicted molar refractivity (Wildman–Crippen MR) is 63.2 cm³/mol. The average Bonchev–Trinajstić information content (AvgIpc) is 2.66. The normalized spacial score (nSPS) is 24.4. The highest BCUT2D eigenvalue weighted by molar-refractivity contribution is 5.95. The van der Waals surface area contributed by atoms with E-state index in [2.05, 4.69) is 15.6 Å². The molecule has 0 saturated carbocycles. The third-order valence-corrected chi connectivity index (χ3v) is 3.05. The smallest absolute Gasteiger partial charge is 0.231 e. The minimum atomic E-state index is -0.288. The van der Waals surface area contributed by atoms with Gasteiger partial charge in [0.25, 0.3) is 0 Å². The minimum absolute atomic E-state index is 0.0740. The molecule has 86 valence electrons. The third kappa shape index (κ3) is 2.22. The molecule has 2 heterocycles. The molecule has 0 bridgehead atoms. The lowest BCUT2D eigenvalue weighted by molar-refractivity contribution is -0.123. The number of carbonyl (C=O) groups is 1. The summed E-state index contributed by atoms with van der Waals surface area (Å²) in [7, 11) is 0. The van der Waals surface area contributed by atoms with Crippen LogP contribution in [0, 0.1) is 12.3 Å². The molecule has 0 spiro atoms. The van der Waals surface area contributed by atoms with Gasteiger partial charge in [0, 0.05) is 12.7 Å². The molecule has 1 aliphatic heterocycles. The summed E-state index contributed by atoms with van der Waals surface area (Å²) in [5, 5.41) is 6.14. The van der Waals surface area contributed by atoms with Crippen LogP contribution >= 0.6 is 0 Å². The summed E-state index contributed by atoms with van der Waals surface area (Å²) in [5.41, 5.74) is 1.54. The molecule has 1 aliphatic rings. The Morgan fingerprint density at radius 2 is 2.38 bits per heavy atom. The Morgan fingerprint density at radius 3 is 3.00 bits per heavy atom. The van der Waals surface area contributed by atoms with Crippen molar-refractivity contribution in [3.05, 3.63) is 24.0 Å². The monoisotopic (exact) mass is 219 g/mol. The third-order valence-electron chi connectivity index (χ3n) is 3.05. The fraction of sp³-hybridized carbons (Fsp3) is 0.500. The van der Waals surface area contributed by atoms with Crippen LogP contribution in [0.3, 0.4) is 0 Å². The zero-order chi connectivity index (χ0) is 11.6. The van der Waals surface area contributed by atoms with Gasteiger partial charge in [0.1, 0.15) is 0 Å². The van der Waals surface area contributed by atoms with E-state index in [1.165, 1.54) is 0 Å². The molecular weight excluding hydrogens is 202 g/mol. The Balaban J connectivity index is 2.07. The first-order valence-electron chi connectivity index (χ1n) is 5.54. The lowest BCUT2D eigenvalue weighted by atomic mass is 9.89. The highest BCUT2D eigenvalue weighted by Crippen LogP contribution is 2.26. The van der Waals surface area contributed by atoms with Crippen molar-refractivity contribution in [3.8, 4) is 0 Å². The van der Waals surface area contributed by atoms with Gasteiger partial charge in [-0.15, -0.1) is 0 Å². The SMILES string of the molecule is Cc1cncc(NC(=O)C2(C)CCNC2)c1. The largest absolute Gasteiger partial charge is 0.324 e. The molecular formula is C12H17N3O. The van der Waals surface area contributed by atoms with Crippen LogP contribution in [0.1, 0.15) is 18.9 Å². The van der Waals surface area contributed by atoms with Gasteiger partial charge in [0.2, 0.25) is 5.91 Å². The van der Waals surface area contributed by atoms with Gasteiger partial charge in [-0.2, -0.15) is 0 Å². The number of nitrogens with one attached hydrogen (secondary N) is 2. The lowest BCUT2D eigenvalue weighted by Gasteiger charge is -2.21. The Labute approximate surface area is 95.5 Å². The van der Waals surface area contributed by atoms with Crippen molar-refractivity contribution >= 4 is 11.6 Å². The number of aryl methyl sites for hydroxylation is 1. The van der Waals surface area contributed by atoms with E-state index in [0.29, 0.717) is 0 Å².